The van der Waals surface area contributed by atoms with Gasteiger partial charge in [-0.25, -0.2) is 4.79 Å². The average Bonchev–Trinajstić information content (AvgIpc) is 2.77. The summed E-state index contributed by atoms with van der Waals surface area (Å²) in [6.07, 6.45) is 0.853. The van der Waals surface area contributed by atoms with Gasteiger partial charge < -0.3 is 10.2 Å². The molecular formula is C24H22ClN3O2. The van der Waals surface area contributed by atoms with Gasteiger partial charge in [0.25, 0.3) is 5.91 Å². The van der Waals surface area contributed by atoms with Gasteiger partial charge in [0.05, 0.1) is 22.0 Å². The molecule has 152 valence electrons. The molecule has 3 aromatic carbocycles. The van der Waals surface area contributed by atoms with Gasteiger partial charge >= 0.3 is 6.03 Å². The van der Waals surface area contributed by atoms with Crippen LogP contribution < -0.4 is 10.2 Å². The summed E-state index contributed by atoms with van der Waals surface area (Å²) < 4.78 is 0. The van der Waals surface area contributed by atoms with Crippen molar-refractivity contribution in [3.8, 4) is 0 Å². The molecule has 1 aliphatic heterocycles. The zero-order chi connectivity index (χ0) is 20.9. The molecule has 1 heterocycles. The molecule has 3 amide bonds. The second-order valence-corrected chi connectivity index (χ2v) is 7.55. The Kier molecular flexibility index (Phi) is 6.00. The summed E-state index contributed by atoms with van der Waals surface area (Å²) in [6, 6.07) is 24.1. The van der Waals surface area contributed by atoms with Crippen molar-refractivity contribution in [2.75, 3.05) is 23.3 Å². The monoisotopic (exact) mass is 419 g/mol. The van der Waals surface area contributed by atoms with Crippen molar-refractivity contribution in [2.24, 2.45) is 0 Å². The molecule has 0 spiro atoms. The van der Waals surface area contributed by atoms with Crippen LogP contribution in [0.25, 0.3) is 0 Å². The average molecular weight is 420 g/mol. The Morgan fingerprint density at radius 3 is 2.40 bits per heavy atom. The lowest BCUT2D eigenvalue weighted by atomic mass is 10.1. The van der Waals surface area contributed by atoms with E-state index in [1.165, 1.54) is 0 Å². The Labute approximate surface area is 180 Å². The minimum absolute atomic E-state index is 0.0652. The first-order chi connectivity index (χ1) is 14.6. The molecule has 0 bridgehead atoms. The number of halogens is 1. The van der Waals surface area contributed by atoms with Crippen molar-refractivity contribution < 1.29 is 9.59 Å². The van der Waals surface area contributed by atoms with Gasteiger partial charge in [-0.2, -0.15) is 0 Å². The Hall–Kier alpha value is -3.31. The fourth-order valence-electron chi connectivity index (χ4n) is 3.61. The van der Waals surface area contributed by atoms with E-state index >= 15 is 0 Å². The third-order valence-electron chi connectivity index (χ3n) is 5.09. The van der Waals surface area contributed by atoms with Crippen molar-refractivity contribution >= 4 is 34.9 Å². The lowest BCUT2D eigenvalue weighted by Gasteiger charge is -2.36. The van der Waals surface area contributed by atoms with Gasteiger partial charge in [-0.05, 0) is 36.2 Å². The quantitative estimate of drug-likeness (QED) is 0.599. The molecule has 1 N–H and O–H groups in total. The minimum Gasteiger partial charge on any atom is -0.320 e. The third kappa shape index (κ3) is 4.31. The third-order valence-corrected chi connectivity index (χ3v) is 5.42. The number of nitrogens with zero attached hydrogens (tertiary/aromatic N) is 2. The molecule has 1 fully saturated rings. The predicted octanol–water partition coefficient (Wildman–Crippen LogP) is 5.42. The zero-order valence-electron chi connectivity index (χ0n) is 16.4. The summed E-state index contributed by atoms with van der Waals surface area (Å²) in [7, 11) is 0. The van der Waals surface area contributed by atoms with Crippen LogP contribution in [-0.2, 0) is 6.54 Å². The number of urea groups is 1. The number of benzene rings is 3. The molecule has 1 aliphatic rings. The number of nitrogens with one attached hydrogen (secondary N) is 1. The van der Waals surface area contributed by atoms with Gasteiger partial charge in [-0.3, -0.25) is 9.69 Å². The number of anilines is 2. The molecular weight excluding hydrogens is 398 g/mol. The highest BCUT2D eigenvalue weighted by atomic mass is 35.5. The summed E-state index contributed by atoms with van der Waals surface area (Å²) >= 11 is 6.16. The van der Waals surface area contributed by atoms with Crippen molar-refractivity contribution in [3.63, 3.8) is 0 Å². The van der Waals surface area contributed by atoms with E-state index in [1.54, 1.807) is 35.2 Å². The smallest absolute Gasteiger partial charge is 0.320 e. The van der Waals surface area contributed by atoms with Gasteiger partial charge in [0.2, 0.25) is 0 Å². The molecule has 4 rings (SSSR count). The van der Waals surface area contributed by atoms with Gasteiger partial charge in [0.1, 0.15) is 0 Å². The van der Waals surface area contributed by atoms with Gasteiger partial charge in [-0.15, -0.1) is 0 Å². The molecule has 1 saturated heterocycles. The Morgan fingerprint density at radius 1 is 0.900 bits per heavy atom. The topological polar surface area (TPSA) is 52.7 Å². The first-order valence-corrected chi connectivity index (χ1v) is 10.3. The van der Waals surface area contributed by atoms with Crippen molar-refractivity contribution in [1.29, 1.82) is 0 Å². The van der Waals surface area contributed by atoms with Crippen molar-refractivity contribution in [1.82, 2.24) is 4.90 Å². The summed E-state index contributed by atoms with van der Waals surface area (Å²) in [5.41, 5.74) is 2.75. The lowest BCUT2D eigenvalue weighted by molar-refractivity contribution is 0.102. The first kappa shape index (κ1) is 20.0. The van der Waals surface area contributed by atoms with Crippen LogP contribution in [0.3, 0.4) is 0 Å². The van der Waals surface area contributed by atoms with E-state index in [9.17, 15) is 9.59 Å². The minimum atomic E-state index is -0.307. The first-order valence-electron chi connectivity index (χ1n) is 9.89. The summed E-state index contributed by atoms with van der Waals surface area (Å²) in [5, 5.41) is 3.30. The summed E-state index contributed by atoms with van der Waals surface area (Å²) in [5.74, 6) is -0.307. The summed E-state index contributed by atoms with van der Waals surface area (Å²) in [4.78, 5) is 29.5. The van der Waals surface area contributed by atoms with Gasteiger partial charge in [-0.1, -0.05) is 66.2 Å². The Balaban J connectivity index is 1.56. The largest absolute Gasteiger partial charge is 0.324 e. The molecule has 0 radical (unpaired) electrons. The fourth-order valence-corrected chi connectivity index (χ4v) is 3.83. The van der Waals surface area contributed by atoms with Crippen LogP contribution in [0.4, 0.5) is 16.2 Å². The van der Waals surface area contributed by atoms with Gasteiger partial charge in [0.15, 0.2) is 0 Å². The van der Waals surface area contributed by atoms with E-state index in [0.29, 0.717) is 41.6 Å². The standard InChI is InChI=1S/C24H22ClN3O2/c25-20-12-5-4-11-19(20)23(29)26-21-13-6-7-14-22(21)28-16-8-15-27(24(28)30)17-18-9-2-1-3-10-18/h1-7,9-14H,8,15-17H2,(H,26,29). The van der Waals surface area contributed by atoms with Gasteiger partial charge in [0, 0.05) is 19.6 Å². The SMILES string of the molecule is O=C(Nc1ccccc1N1CCCN(Cc2ccccc2)C1=O)c1ccccc1Cl. The van der Waals surface area contributed by atoms with Crippen molar-refractivity contribution in [3.05, 3.63) is 95.0 Å². The molecule has 6 heteroatoms. The summed E-state index contributed by atoms with van der Waals surface area (Å²) in [6.45, 7) is 1.87. The predicted molar refractivity (Wildman–Crippen MR) is 120 cm³/mol. The highest BCUT2D eigenvalue weighted by Crippen LogP contribution is 2.30. The van der Waals surface area contributed by atoms with E-state index in [1.807, 2.05) is 53.4 Å². The van der Waals surface area contributed by atoms with Crippen LogP contribution >= 0.6 is 11.6 Å². The van der Waals surface area contributed by atoms with Crippen LogP contribution in [0.15, 0.2) is 78.9 Å². The maximum atomic E-state index is 13.2. The van der Waals surface area contributed by atoms with E-state index in [0.717, 1.165) is 12.0 Å². The molecule has 0 aromatic heterocycles. The number of amides is 3. The number of para-hydroxylation sites is 2. The van der Waals surface area contributed by atoms with E-state index in [2.05, 4.69) is 5.32 Å². The Bertz CT molecular complexity index is 1060. The molecule has 0 atom stereocenters. The van der Waals surface area contributed by atoms with E-state index < -0.39 is 0 Å². The van der Waals surface area contributed by atoms with Crippen LogP contribution in [0.2, 0.25) is 5.02 Å². The molecule has 0 saturated carbocycles. The van der Waals surface area contributed by atoms with Crippen LogP contribution in [-0.4, -0.2) is 29.9 Å². The molecule has 5 nitrogen and oxygen atoms in total. The van der Waals surface area contributed by atoms with Crippen LogP contribution in [0.1, 0.15) is 22.3 Å². The maximum absolute atomic E-state index is 13.2. The second kappa shape index (κ2) is 9.01. The molecule has 30 heavy (non-hydrogen) atoms. The molecule has 3 aromatic rings. The number of rotatable bonds is 5. The van der Waals surface area contributed by atoms with E-state index in [-0.39, 0.29) is 11.9 Å². The highest BCUT2D eigenvalue weighted by Gasteiger charge is 2.28. The van der Waals surface area contributed by atoms with E-state index in [4.69, 9.17) is 11.6 Å². The second-order valence-electron chi connectivity index (χ2n) is 7.15. The Morgan fingerprint density at radius 2 is 1.60 bits per heavy atom. The molecule has 0 unspecified atom stereocenters. The van der Waals surface area contributed by atoms with Crippen molar-refractivity contribution in [2.45, 2.75) is 13.0 Å². The van der Waals surface area contributed by atoms with Crippen LogP contribution in [0, 0.1) is 0 Å². The normalized spacial score (nSPS) is 14.0. The van der Waals surface area contributed by atoms with Crippen LogP contribution in [0.5, 0.6) is 0 Å². The zero-order valence-corrected chi connectivity index (χ0v) is 17.2. The molecule has 0 aliphatic carbocycles. The highest BCUT2D eigenvalue weighted by molar-refractivity contribution is 6.34. The fraction of sp³-hybridized carbons (Fsp3) is 0.167. The maximum Gasteiger partial charge on any atom is 0.324 e. The number of carbonyl (C=O) groups excluding carboxylic acids is 2. The number of hydrogen-bond donors (Lipinski definition) is 1. The lowest BCUT2D eigenvalue weighted by Crippen LogP contribution is -2.49. The number of hydrogen-bond acceptors (Lipinski definition) is 2. The number of carbonyl (C=O) groups is 2.